The molecule has 29 heavy (non-hydrogen) atoms. The van der Waals surface area contributed by atoms with Crippen molar-refractivity contribution in [3.63, 3.8) is 0 Å². The molecule has 6 nitrogen and oxygen atoms in total. The van der Waals surface area contributed by atoms with E-state index in [1.165, 1.54) is 17.5 Å². The van der Waals surface area contributed by atoms with Gasteiger partial charge in [-0.1, -0.05) is 36.4 Å². The predicted octanol–water partition coefficient (Wildman–Crippen LogP) is 2.58. The highest BCUT2D eigenvalue weighted by molar-refractivity contribution is 5.97. The molecule has 1 aliphatic heterocycles. The van der Waals surface area contributed by atoms with Crippen LogP contribution in [0.15, 0.2) is 61.2 Å². The summed E-state index contributed by atoms with van der Waals surface area (Å²) < 4.78 is 1.79. The van der Waals surface area contributed by atoms with Gasteiger partial charge in [0.2, 0.25) is 0 Å². The van der Waals surface area contributed by atoms with Gasteiger partial charge in [-0.25, -0.2) is 0 Å². The van der Waals surface area contributed by atoms with Crippen molar-refractivity contribution in [1.29, 1.82) is 0 Å². The second kappa shape index (κ2) is 7.79. The van der Waals surface area contributed by atoms with E-state index in [9.17, 15) is 4.79 Å². The van der Waals surface area contributed by atoms with E-state index in [-0.39, 0.29) is 5.91 Å². The minimum Gasteiger partial charge on any atom is -0.336 e. The van der Waals surface area contributed by atoms with Crippen LogP contribution in [0.4, 0.5) is 0 Å². The van der Waals surface area contributed by atoms with Crippen molar-refractivity contribution in [1.82, 2.24) is 24.6 Å². The number of benzene rings is 2. The third-order valence-electron chi connectivity index (χ3n) is 6.27. The van der Waals surface area contributed by atoms with Gasteiger partial charge >= 0.3 is 0 Å². The Morgan fingerprint density at radius 1 is 0.862 bits per heavy atom. The highest BCUT2D eigenvalue weighted by Gasteiger charge is 2.29. The Morgan fingerprint density at radius 2 is 1.55 bits per heavy atom. The predicted molar refractivity (Wildman–Crippen MR) is 111 cm³/mol. The van der Waals surface area contributed by atoms with Crippen LogP contribution in [0.25, 0.3) is 5.69 Å². The molecule has 148 valence electrons. The number of fused-ring (bicyclic) bond motifs is 1. The first-order chi connectivity index (χ1) is 14.3. The molecule has 5 rings (SSSR count). The highest BCUT2D eigenvalue weighted by atomic mass is 16.2. The number of amides is 1. The summed E-state index contributed by atoms with van der Waals surface area (Å²) in [6.45, 7) is 3.42. The fourth-order valence-electron chi connectivity index (χ4n) is 4.66. The van der Waals surface area contributed by atoms with Crippen LogP contribution < -0.4 is 0 Å². The zero-order valence-electron chi connectivity index (χ0n) is 16.4. The van der Waals surface area contributed by atoms with E-state index in [1.807, 2.05) is 29.2 Å². The quantitative estimate of drug-likeness (QED) is 0.693. The number of para-hydroxylation sites is 1. The number of carbonyl (C=O) groups excluding carboxylic acids is 1. The second-order valence-corrected chi connectivity index (χ2v) is 7.88. The molecule has 2 aliphatic rings. The largest absolute Gasteiger partial charge is 0.336 e. The Morgan fingerprint density at radius 3 is 2.34 bits per heavy atom. The molecule has 1 aromatic heterocycles. The van der Waals surface area contributed by atoms with E-state index in [4.69, 9.17) is 0 Å². The molecule has 2 aromatic carbocycles. The van der Waals surface area contributed by atoms with Crippen molar-refractivity contribution in [2.24, 2.45) is 0 Å². The van der Waals surface area contributed by atoms with Crippen molar-refractivity contribution in [3.8, 4) is 5.69 Å². The minimum absolute atomic E-state index is 0.0861. The van der Waals surface area contributed by atoms with Gasteiger partial charge in [0.25, 0.3) is 5.91 Å². The first-order valence-electron chi connectivity index (χ1n) is 10.3. The summed E-state index contributed by atoms with van der Waals surface area (Å²) in [5, 5.41) is 7.74. The highest BCUT2D eigenvalue weighted by Crippen LogP contribution is 2.25. The van der Waals surface area contributed by atoms with Crippen LogP contribution in [-0.4, -0.2) is 62.7 Å². The van der Waals surface area contributed by atoms with Crippen LogP contribution in [0.2, 0.25) is 0 Å². The molecule has 1 atom stereocenters. The van der Waals surface area contributed by atoms with E-state index >= 15 is 0 Å². The normalized spacial score (nSPS) is 19.7. The third-order valence-corrected chi connectivity index (χ3v) is 6.27. The molecule has 0 radical (unpaired) electrons. The lowest BCUT2D eigenvalue weighted by atomic mass is 9.87. The van der Waals surface area contributed by atoms with E-state index in [2.05, 4.69) is 39.4 Å². The molecular formula is C23H25N5O. The molecule has 1 unspecified atom stereocenters. The Labute approximate surface area is 170 Å². The first-order valence-corrected chi connectivity index (χ1v) is 10.3. The summed E-state index contributed by atoms with van der Waals surface area (Å²) >= 11 is 0. The Kier molecular flexibility index (Phi) is 4.86. The van der Waals surface area contributed by atoms with Crippen LogP contribution >= 0.6 is 0 Å². The third kappa shape index (κ3) is 3.56. The fraction of sp³-hybridized carbons (Fsp3) is 0.348. The zero-order valence-corrected chi connectivity index (χ0v) is 16.4. The monoisotopic (exact) mass is 387 g/mol. The standard InChI is InChI=1S/C23H25N5O/c29-23(21-7-3-4-8-22(21)28-16-24-25-17-28)27-13-11-26(12-14-27)20-10-9-18-5-1-2-6-19(18)15-20/h1-8,16-17,20H,9-15H2. The number of hydrogen-bond donors (Lipinski definition) is 0. The van der Waals surface area contributed by atoms with Gasteiger partial charge in [0.15, 0.2) is 0 Å². The molecule has 3 aromatic rings. The van der Waals surface area contributed by atoms with Gasteiger partial charge < -0.3 is 4.90 Å². The van der Waals surface area contributed by atoms with Gasteiger partial charge in [-0.05, 0) is 42.5 Å². The molecular weight excluding hydrogens is 362 g/mol. The average Bonchev–Trinajstić information content (AvgIpc) is 3.33. The van der Waals surface area contributed by atoms with Crippen molar-refractivity contribution in [2.45, 2.75) is 25.3 Å². The summed E-state index contributed by atoms with van der Waals surface area (Å²) in [7, 11) is 0. The SMILES string of the molecule is O=C(c1ccccc1-n1cnnc1)N1CCN(C2CCc3ccccc3C2)CC1. The maximum atomic E-state index is 13.2. The first kappa shape index (κ1) is 18.1. The molecule has 6 heteroatoms. The molecule has 1 aliphatic carbocycles. The van der Waals surface area contributed by atoms with E-state index < -0.39 is 0 Å². The van der Waals surface area contributed by atoms with E-state index in [1.54, 1.807) is 17.2 Å². The number of nitrogens with zero attached hydrogens (tertiary/aromatic N) is 5. The molecule has 0 spiro atoms. The van der Waals surface area contributed by atoms with Crippen LogP contribution in [-0.2, 0) is 12.8 Å². The maximum absolute atomic E-state index is 13.2. The Hall–Kier alpha value is -2.99. The Balaban J connectivity index is 1.26. The van der Waals surface area contributed by atoms with Crippen molar-refractivity contribution >= 4 is 5.91 Å². The Bertz CT molecular complexity index is 992. The van der Waals surface area contributed by atoms with Crippen LogP contribution in [0.1, 0.15) is 27.9 Å². The summed E-state index contributed by atoms with van der Waals surface area (Å²) in [4.78, 5) is 17.8. The number of rotatable bonds is 3. The van der Waals surface area contributed by atoms with Gasteiger partial charge in [0, 0.05) is 32.2 Å². The second-order valence-electron chi connectivity index (χ2n) is 7.88. The lowest BCUT2D eigenvalue weighted by Crippen LogP contribution is -2.53. The van der Waals surface area contributed by atoms with Crippen molar-refractivity contribution in [2.75, 3.05) is 26.2 Å². The fourth-order valence-corrected chi connectivity index (χ4v) is 4.66. The number of aromatic nitrogens is 3. The molecule has 0 N–H and O–H groups in total. The van der Waals surface area contributed by atoms with E-state index in [0.717, 1.165) is 44.7 Å². The van der Waals surface area contributed by atoms with Crippen LogP contribution in [0.3, 0.4) is 0 Å². The summed E-state index contributed by atoms with van der Waals surface area (Å²) in [5.74, 6) is 0.0861. The molecule has 0 saturated carbocycles. The zero-order chi connectivity index (χ0) is 19.6. The molecule has 1 fully saturated rings. The van der Waals surface area contributed by atoms with Gasteiger partial charge in [-0.15, -0.1) is 10.2 Å². The average molecular weight is 387 g/mol. The molecule has 1 amide bonds. The number of carbonyl (C=O) groups is 1. The van der Waals surface area contributed by atoms with Gasteiger partial charge in [-0.3, -0.25) is 14.3 Å². The summed E-state index contributed by atoms with van der Waals surface area (Å²) in [6, 6.07) is 17.1. The smallest absolute Gasteiger partial charge is 0.256 e. The number of aryl methyl sites for hydroxylation is 1. The minimum atomic E-state index is 0.0861. The van der Waals surface area contributed by atoms with Crippen LogP contribution in [0, 0.1) is 0 Å². The van der Waals surface area contributed by atoms with Gasteiger partial charge in [0.05, 0.1) is 11.3 Å². The summed E-state index contributed by atoms with van der Waals surface area (Å²) in [6.07, 6.45) is 6.75. The molecule has 0 bridgehead atoms. The summed E-state index contributed by atoms with van der Waals surface area (Å²) in [5.41, 5.74) is 4.52. The van der Waals surface area contributed by atoms with Crippen molar-refractivity contribution in [3.05, 3.63) is 77.9 Å². The molecule has 2 heterocycles. The van der Waals surface area contributed by atoms with Gasteiger partial charge in [-0.2, -0.15) is 0 Å². The van der Waals surface area contributed by atoms with Crippen LogP contribution in [0.5, 0.6) is 0 Å². The van der Waals surface area contributed by atoms with E-state index in [0.29, 0.717) is 11.6 Å². The lowest BCUT2D eigenvalue weighted by Gasteiger charge is -2.41. The van der Waals surface area contributed by atoms with Gasteiger partial charge in [0.1, 0.15) is 12.7 Å². The topological polar surface area (TPSA) is 54.3 Å². The maximum Gasteiger partial charge on any atom is 0.256 e. The number of piperazine rings is 1. The number of hydrogen-bond acceptors (Lipinski definition) is 4. The van der Waals surface area contributed by atoms with Crippen molar-refractivity contribution < 1.29 is 4.79 Å². The molecule has 1 saturated heterocycles. The lowest BCUT2D eigenvalue weighted by molar-refractivity contribution is 0.0553.